The molecule has 0 radical (unpaired) electrons. The van der Waals surface area contributed by atoms with Gasteiger partial charge in [-0.05, 0) is 31.0 Å². The number of halogens is 3. The zero-order valence-electron chi connectivity index (χ0n) is 14.1. The Labute approximate surface area is 147 Å². The third kappa shape index (κ3) is 3.72. The van der Waals surface area contributed by atoms with Gasteiger partial charge in [-0.15, -0.1) is 0 Å². The molecule has 0 unspecified atom stereocenters. The van der Waals surface area contributed by atoms with Crippen LogP contribution < -0.4 is 5.56 Å². The van der Waals surface area contributed by atoms with Gasteiger partial charge in [-0.1, -0.05) is 0 Å². The molecule has 3 heterocycles. The Bertz CT molecular complexity index is 879. The van der Waals surface area contributed by atoms with Gasteiger partial charge in [0.25, 0.3) is 5.56 Å². The topological polar surface area (TPSA) is 75.3 Å². The molecule has 1 saturated heterocycles. The number of likely N-dealkylation sites (tertiary alicyclic amines) is 1. The fourth-order valence-electron chi connectivity index (χ4n) is 3.21. The molecule has 0 bridgehead atoms. The number of amides is 1. The third-order valence-corrected chi connectivity index (χ3v) is 4.49. The number of alkyl halides is 3. The molecule has 140 valence electrons. The van der Waals surface area contributed by atoms with Crippen LogP contribution in [0.3, 0.4) is 0 Å². The number of carbonyl (C=O) groups is 1. The summed E-state index contributed by atoms with van der Waals surface area (Å²) in [5.41, 5.74) is -1.04. The van der Waals surface area contributed by atoms with Crippen molar-refractivity contribution < 1.29 is 22.7 Å². The molecule has 1 aliphatic rings. The van der Waals surface area contributed by atoms with Gasteiger partial charge in [0.1, 0.15) is 12.3 Å². The van der Waals surface area contributed by atoms with Crippen LogP contribution in [-0.2, 0) is 15.7 Å². The van der Waals surface area contributed by atoms with E-state index >= 15 is 0 Å². The van der Waals surface area contributed by atoms with Crippen LogP contribution in [-0.4, -0.2) is 47.6 Å². The number of nitrogens with zero attached hydrogens (tertiary/aromatic N) is 2. The average molecular weight is 369 g/mol. The number of pyridine rings is 2. The first-order chi connectivity index (χ1) is 12.3. The Morgan fingerprint density at radius 2 is 2.19 bits per heavy atom. The van der Waals surface area contributed by atoms with E-state index in [4.69, 9.17) is 4.74 Å². The van der Waals surface area contributed by atoms with Crippen molar-refractivity contribution in [1.82, 2.24) is 14.9 Å². The number of piperidine rings is 1. The number of carbonyl (C=O) groups excluding carboxylic acids is 1. The number of aromatic nitrogens is 2. The van der Waals surface area contributed by atoms with Crippen molar-refractivity contribution in [2.45, 2.75) is 24.9 Å². The van der Waals surface area contributed by atoms with E-state index in [2.05, 4.69) is 9.97 Å². The predicted octanol–water partition coefficient (Wildman–Crippen LogP) is 2.29. The zero-order chi connectivity index (χ0) is 18.9. The summed E-state index contributed by atoms with van der Waals surface area (Å²) in [7, 11) is 1.43. The molecule has 9 heteroatoms. The summed E-state index contributed by atoms with van der Waals surface area (Å²) in [5, 5.41) is 0.102. The van der Waals surface area contributed by atoms with Crippen molar-refractivity contribution in [1.29, 1.82) is 0 Å². The molecule has 0 spiro atoms. The number of aromatic amines is 1. The van der Waals surface area contributed by atoms with Crippen molar-refractivity contribution in [2.24, 2.45) is 0 Å². The Balaban J connectivity index is 1.94. The second-order valence-corrected chi connectivity index (χ2v) is 6.29. The van der Waals surface area contributed by atoms with E-state index in [1.54, 1.807) is 4.90 Å². The second-order valence-electron chi connectivity index (χ2n) is 6.29. The molecule has 3 rings (SSSR count). The number of rotatable bonds is 3. The van der Waals surface area contributed by atoms with Crippen LogP contribution in [0.4, 0.5) is 13.2 Å². The largest absolute Gasteiger partial charge is 0.433 e. The van der Waals surface area contributed by atoms with E-state index < -0.39 is 17.4 Å². The molecule has 2 aromatic rings. The summed E-state index contributed by atoms with van der Waals surface area (Å²) in [6.45, 7) is 0.938. The maximum Gasteiger partial charge on any atom is 0.433 e. The van der Waals surface area contributed by atoms with Crippen molar-refractivity contribution >= 4 is 16.8 Å². The van der Waals surface area contributed by atoms with Crippen LogP contribution in [0.25, 0.3) is 10.9 Å². The van der Waals surface area contributed by atoms with E-state index in [0.717, 1.165) is 25.0 Å². The van der Waals surface area contributed by atoms with Crippen LogP contribution in [0.1, 0.15) is 30.1 Å². The van der Waals surface area contributed by atoms with Gasteiger partial charge < -0.3 is 14.6 Å². The van der Waals surface area contributed by atoms with Gasteiger partial charge in [-0.3, -0.25) is 9.59 Å². The van der Waals surface area contributed by atoms with Gasteiger partial charge in [0, 0.05) is 31.8 Å². The lowest BCUT2D eigenvalue weighted by Gasteiger charge is -2.32. The van der Waals surface area contributed by atoms with Crippen LogP contribution in [0.5, 0.6) is 0 Å². The van der Waals surface area contributed by atoms with E-state index in [0.29, 0.717) is 18.8 Å². The Hall–Kier alpha value is -2.42. The fraction of sp³-hybridized carbons (Fsp3) is 0.471. The molecule has 2 aromatic heterocycles. The van der Waals surface area contributed by atoms with Crippen molar-refractivity contribution in [3.8, 4) is 0 Å². The molecule has 0 saturated carbocycles. The summed E-state index contributed by atoms with van der Waals surface area (Å²) in [5.74, 6) is -0.323. The monoisotopic (exact) mass is 369 g/mol. The number of hydrogen-bond acceptors (Lipinski definition) is 4. The molecule has 0 aliphatic carbocycles. The van der Waals surface area contributed by atoms with E-state index in [-0.39, 0.29) is 29.3 Å². The van der Waals surface area contributed by atoms with Gasteiger partial charge in [0.2, 0.25) is 5.91 Å². The Morgan fingerprint density at radius 3 is 2.88 bits per heavy atom. The quantitative estimate of drug-likeness (QED) is 0.901. The highest BCUT2D eigenvalue weighted by molar-refractivity contribution is 5.79. The van der Waals surface area contributed by atoms with Crippen molar-refractivity contribution in [2.75, 3.05) is 26.8 Å². The normalized spacial score (nSPS) is 18.3. The minimum atomic E-state index is -4.58. The number of ether oxygens (including phenoxy) is 1. The van der Waals surface area contributed by atoms with Crippen molar-refractivity contribution in [3.05, 3.63) is 39.9 Å². The lowest BCUT2D eigenvalue weighted by Crippen LogP contribution is -2.41. The standard InChI is InChI=1S/C17H18F3N3O3/c1-26-9-15(24)23-6-2-3-10(8-23)12-7-13-11(16(25)22-12)4-5-14(21-13)17(18,19)20/h4-5,7,10H,2-3,6,8-9H2,1H3,(H,22,25)/t10-/m1/s1. The lowest BCUT2D eigenvalue weighted by atomic mass is 9.93. The number of hydrogen-bond donors (Lipinski definition) is 1. The van der Waals surface area contributed by atoms with Crippen LogP contribution in [0.2, 0.25) is 0 Å². The molecule has 26 heavy (non-hydrogen) atoms. The van der Waals surface area contributed by atoms with Crippen LogP contribution >= 0.6 is 0 Å². The highest BCUT2D eigenvalue weighted by Gasteiger charge is 2.33. The first-order valence-electron chi connectivity index (χ1n) is 8.17. The summed E-state index contributed by atoms with van der Waals surface area (Å²) in [6.07, 6.45) is -3.13. The Morgan fingerprint density at radius 1 is 1.42 bits per heavy atom. The summed E-state index contributed by atoms with van der Waals surface area (Å²) in [6, 6.07) is 3.40. The summed E-state index contributed by atoms with van der Waals surface area (Å²) < 4.78 is 43.5. The molecule has 1 fully saturated rings. The first-order valence-corrected chi connectivity index (χ1v) is 8.17. The van der Waals surface area contributed by atoms with Crippen LogP contribution in [0, 0.1) is 0 Å². The number of fused-ring (bicyclic) bond motifs is 1. The van der Waals surface area contributed by atoms with E-state index in [1.807, 2.05) is 0 Å². The smallest absolute Gasteiger partial charge is 0.375 e. The van der Waals surface area contributed by atoms with E-state index in [1.165, 1.54) is 13.2 Å². The molecule has 1 amide bonds. The van der Waals surface area contributed by atoms with Gasteiger partial charge in [-0.25, -0.2) is 4.98 Å². The minimum Gasteiger partial charge on any atom is -0.375 e. The van der Waals surface area contributed by atoms with E-state index in [9.17, 15) is 22.8 Å². The molecule has 1 N–H and O–H groups in total. The average Bonchev–Trinajstić information content (AvgIpc) is 2.60. The number of H-pyrrole nitrogens is 1. The summed E-state index contributed by atoms with van der Waals surface area (Å²) >= 11 is 0. The molecular formula is C17H18F3N3O3. The molecule has 1 aliphatic heterocycles. The zero-order valence-corrected chi connectivity index (χ0v) is 14.1. The highest BCUT2D eigenvalue weighted by atomic mass is 19.4. The Kier molecular flexibility index (Phi) is 4.99. The van der Waals surface area contributed by atoms with Gasteiger partial charge in [0.15, 0.2) is 0 Å². The summed E-state index contributed by atoms with van der Waals surface area (Å²) in [4.78, 5) is 32.2. The van der Waals surface area contributed by atoms with Crippen LogP contribution in [0.15, 0.2) is 23.0 Å². The first kappa shape index (κ1) is 18.4. The second kappa shape index (κ2) is 7.06. The minimum absolute atomic E-state index is 0.00100. The number of nitrogens with one attached hydrogen (secondary N) is 1. The lowest BCUT2D eigenvalue weighted by molar-refractivity contribution is -0.141. The van der Waals surface area contributed by atoms with Crippen molar-refractivity contribution in [3.63, 3.8) is 0 Å². The maximum absolute atomic E-state index is 12.9. The SMILES string of the molecule is COCC(=O)N1CCC[C@@H](c2cc3nc(C(F)(F)F)ccc3c(=O)[nH]2)C1. The van der Waals surface area contributed by atoms with Gasteiger partial charge in [-0.2, -0.15) is 13.2 Å². The number of methoxy groups -OCH3 is 1. The fourth-order valence-corrected chi connectivity index (χ4v) is 3.21. The maximum atomic E-state index is 12.9. The molecule has 6 nitrogen and oxygen atoms in total. The van der Waals surface area contributed by atoms with Gasteiger partial charge in [0.05, 0.1) is 10.9 Å². The van der Waals surface area contributed by atoms with Gasteiger partial charge >= 0.3 is 6.18 Å². The molecular weight excluding hydrogens is 351 g/mol. The predicted molar refractivity (Wildman–Crippen MR) is 87.8 cm³/mol. The molecule has 0 aromatic carbocycles. The third-order valence-electron chi connectivity index (χ3n) is 4.49. The molecule has 1 atom stereocenters. The highest BCUT2D eigenvalue weighted by Crippen LogP contribution is 2.30.